The summed E-state index contributed by atoms with van der Waals surface area (Å²) in [5.74, 6) is -0.577. The maximum Gasteiger partial charge on any atom is 0.387 e. The van der Waals surface area contributed by atoms with E-state index in [0.29, 0.717) is 0 Å². The van der Waals surface area contributed by atoms with E-state index in [1.165, 1.54) is 30.2 Å². The molecule has 2 rings (SSSR count). The van der Waals surface area contributed by atoms with Crippen molar-refractivity contribution in [3.8, 4) is 24.0 Å². The van der Waals surface area contributed by atoms with Crippen LogP contribution in [0.1, 0.15) is 22.8 Å². The quantitative estimate of drug-likeness (QED) is 0.534. The minimum absolute atomic E-state index is 0.0228. The number of methoxy groups -OCH3 is 1. The topological polar surface area (TPSA) is 38.8 Å². The molecule has 2 aromatic carbocycles. The molecular formula is C21H19F2NO3. The van der Waals surface area contributed by atoms with Crippen LogP contribution >= 0.6 is 0 Å². The van der Waals surface area contributed by atoms with Gasteiger partial charge in [-0.2, -0.15) is 8.78 Å². The van der Waals surface area contributed by atoms with Crippen LogP contribution in [0.15, 0.2) is 54.1 Å². The van der Waals surface area contributed by atoms with E-state index < -0.39 is 12.5 Å². The van der Waals surface area contributed by atoms with Crippen molar-refractivity contribution >= 4 is 12.0 Å². The number of carbonyl (C=O) groups is 1. The fraction of sp³-hybridized carbons (Fsp3) is 0.190. The Morgan fingerprint density at radius 3 is 2.52 bits per heavy atom. The summed E-state index contributed by atoms with van der Waals surface area (Å²) in [6.07, 6.45) is 7.42. The van der Waals surface area contributed by atoms with Crippen LogP contribution in [-0.2, 0) is 0 Å². The molecule has 0 aliphatic heterocycles. The molecule has 0 saturated carbocycles. The standard InChI is InChI=1S/C21H19F2NO3/c1-4-24(14-15(2)12-16-8-6-5-7-9-16)20(25)17-10-11-18(27-21(22)23)19(13-17)26-3/h1,5-13,21H,14H2,2-3H3/b15-12+. The highest BCUT2D eigenvalue weighted by Gasteiger charge is 2.18. The zero-order valence-corrected chi connectivity index (χ0v) is 15.0. The molecule has 0 aromatic heterocycles. The lowest BCUT2D eigenvalue weighted by Crippen LogP contribution is -2.27. The van der Waals surface area contributed by atoms with Crippen molar-refractivity contribution in [2.75, 3.05) is 13.7 Å². The molecule has 4 nitrogen and oxygen atoms in total. The van der Waals surface area contributed by atoms with Crippen molar-refractivity contribution in [2.45, 2.75) is 13.5 Å². The summed E-state index contributed by atoms with van der Waals surface area (Å²) < 4.78 is 34.2. The van der Waals surface area contributed by atoms with Crippen LogP contribution in [0.25, 0.3) is 6.08 Å². The van der Waals surface area contributed by atoms with Crippen LogP contribution in [0, 0.1) is 12.5 Å². The maximum absolute atomic E-state index is 12.7. The summed E-state index contributed by atoms with van der Waals surface area (Å²) in [7, 11) is 1.30. The Hall–Kier alpha value is -3.33. The number of ether oxygens (including phenoxy) is 2. The van der Waals surface area contributed by atoms with Crippen LogP contribution in [0.4, 0.5) is 8.78 Å². The fourth-order valence-electron chi connectivity index (χ4n) is 2.45. The lowest BCUT2D eigenvalue weighted by molar-refractivity contribution is -0.0512. The largest absolute Gasteiger partial charge is 0.493 e. The SMILES string of the molecule is C#CN(C/C(C)=C/c1ccccc1)C(=O)c1ccc(OC(F)F)c(OC)c1. The van der Waals surface area contributed by atoms with Gasteiger partial charge in [0.05, 0.1) is 13.7 Å². The number of benzene rings is 2. The van der Waals surface area contributed by atoms with Gasteiger partial charge in [-0.25, -0.2) is 0 Å². The molecule has 0 N–H and O–H groups in total. The second-order valence-corrected chi connectivity index (χ2v) is 5.67. The molecule has 0 unspecified atom stereocenters. The zero-order valence-electron chi connectivity index (χ0n) is 15.0. The van der Waals surface area contributed by atoms with Crippen molar-refractivity contribution in [1.82, 2.24) is 4.90 Å². The van der Waals surface area contributed by atoms with Crippen LogP contribution in [-0.4, -0.2) is 31.1 Å². The molecule has 0 spiro atoms. The van der Waals surface area contributed by atoms with Gasteiger partial charge in [-0.05, 0) is 30.7 Å². The summed E-state index contributed by atoms with van der Waals surface area (Å²) in [5, 5.41) is 0. The first-order chi connectivity index (χ1) is 12.9. The Morgan fingerprint density at radius 2 is 1.93 bits per heavy atom. The minimum Gasteiger partial charge on any atom is -0.493 e. The van der Waals surface area contributed by atoms with E-state index in [1.807, 2.05) is 43.3 Å². The van der Waals surface area contributed by atoms with Crippen LogP contribution < -0.4 is 9.47 Å². The summed E-state index contributed by atoms with van der Waals surface area (Å²) in [6.45, 7) is -0.902. The number of hydrogen-bond acceptors (Lipinski definition) is 3. The van der Waals surface area contributed by atoms with Gasteiger partial charge in [-0.1, -0.05) is 48.4 Å². The number of terminal acetylenes is 1. The average Bonchev–Trinajstić information content (AvgIpc) is 2.66. The van der Waals surface area contributed by atoms with E-state index in [0.717, 1.165) is 11.1 Å². The van der Waals surface area contributed by atoms with E-state index in [1.54, 1.807) is 0 Å². The highest BCUT2D eigenvalue weighted by molar-refractivity contribution is 5.96. The lowest BCUT2D eigenvalue weighted by Gasteiger charge is -2.17. The van der Waals surface area contributed by atoms with E-state index in [9.17, 15) is 13.6 Å². The van der Waals surface area contributed by atoms with Crippen molar-refractivity contribution < 1.29 is 23.0 Å². The smallest absolute Gasteiger partial charge is 0.387 e. The Balaban J connectivity index is 2.19. The maximum atomic E-state index is 12.7. The third kappa shape index (κ3) is 5.58. The normalized spacial score (nSPS) is 11.0. The second-order valence-electron chi connectivity index (χ2n) is 5.67. The number of amides is 1. The molecule has 0 atom stereocenters. The Kier molecular flexibility index (Phi) is 6.95. The van der Waals surface area contributed by atoms with Crippen molar-refractivity contribution in [1.29, 1.82) is 0 Å². The highest BCUT2D eigenvalue weighted by atomic mass is 19.3. The first-order valence-corrected chi connectivity index (χ1v) is 8.07. The summed E-state index contributed by atoms with van der Waals surface area (Å²) in [5.41, 5.74) is 2.09. The monoisotopic (exact) mass is 371 g/mol. The molecule has 27 heavy (non-hydrogen) atoms. The first-order valence-electron chi connectivity index (χ1n) is 8.07. The van der Waals surface area contributed by atoms with Gasteiger partial charge in [0.1, 0.15) is 0 Å². The molecule has 6 heteroatoms. The number of hydrogen-bond donors (Lipinski definition) is 0. The van der Waals surface area contributed by atoms with E-state index >= 15 is 0 Å². The van der Waals surface area contributed by atoms with Gasteiger partial charge in [0.15, 0.2) is 11.5 Å². The molecule has 140 valence electrons. The van der Waals surface area contributed by atoms with Gasteiger partial charge in [-0.15, -0.1) is 0 Å². The molecule has 0 aliphatic carbocycles. The van der Waals surface area contributed by atoms with E-state index in [4.69, 9.17) is 11.2 Å². The molecular weight excluding hydrogens is 352 g/mol. The van der Waals surface area contributed by atoms with E-state index in [2.05, 4.69) is 10.8 Å². The van der Waals surface area contributed by atoms with Gasteiger partial charge < -0.3 is 9.47 Å². The lowest BCUT2D eigenvalue weighted by atomic mass is 10.1. The van der Waals surface area contributed by atoms with Gasteiger partial charge in [0.25, 0.3) is 5.91 Å². The number of rotatable bonds is 7. The highest BCUT2D eigenvalue weighted by Crippen LogP contribution is 2.30. The number of nitrogens with zero attached hydrogens (tertiary/aromatic N) is 1. The predicted molar refractivity (Wildman–Crippen MR) is 99.6 cm³/mol. The molecule has 0 bridgehead atoms. The summed E-state index contributed by atoms with van der Waals surface area (Å²) in [6, 6.07) is 15.9. The number of carbonyl (C=O) groups excluding carboxylic acids is 1. The van der Waals surface area contributed by atoms with Crippen LogP contribution in [0.3, 0.4) is 0 Å². The van der Waals surface area contributed by atoms with Gasteiger partial charge in [0, 0.05) is 11.6 Å². The Morgan fingerprint density at radius 1 is 1.22 bits per heavy atom. The Bertz CT molecular complexity index is 857. The minimum atomic E-state index is -2.99. The van der Waals surface area contributed by atoms with Gasteiger partial charge >= 0.3 is 6.61 Å². The molecule has 0 radical (unpaired) electrons. The van der Waals surface area contributed by atoms with E-state index in [-0.39, 0.29) is 23.6 Å². The van der Waals surface area contributed by atoms with Crippen LogP contribution in [0.2, 0.25) is 0 Å². The molecule has 0 heterocycles. The summed E-state index contributed by atoms with van der Waals surface area (Å²) in [4.78, 5) is 13.9. The Labute approximate surface area is 157 Å². The molecule has 1 amide bonds. The third-order valence-electron chi connectivity index (χ3n) is 3.65. The van der Waals surface area contributed by atoms with Gasteiger partial charge in [-0.3, -0.25) is 9.69 Å². The number of halogens is 2. The van der Waals surface area contributed by atoms with Crippen LogP contribution in [0.5, 0.6) is 11.5 Å². The predicted octanol–water partition coefficient (Wildman–Crippen LogP) is 4.43. The van der Waals surface area contributed by atoms with Crippen molar-refractivity contribution in [3.63, 3.8) is 0 Å². The molecule has 2 aromatic rings. The first kappa shape index (κ1) is 20.0. The van der Waals surface area contributed by atoms with Crippen molar-refractivity contribution in [2.24, 2.45) is 0 Å². The molecule has 0 saturated heterocycles. The fourth-order valence-corrected chi connectivity index (χ4v) is 2.45. The van der Waals surface area contributed by atoms with Crippen molar-refractivity contribution in [3.05, 3.63) is 65.2 Å². The molecule has 0 aliphatic rings. The number of alkyl halides is 2. The van der Waals surface area contributed by atoms with Gasteiger partial charge in [0.2, 0.25) is 0 Å². The second kappa shape index (κ2) is 9.39. The average molecular weight is 371 g/mol. The zero-order chi connectivity index (χ0) is 19.8. The third-order valence-corrected chi connectivity index (χ3v) is 3.65. The summed E-state index contributed by atoms with van der Waals surface area (Å²) >= 11 is 0. The molecule has 0 fully saturated rings.